The lowest BCUT2D eigenvalue weighted by Gasteiger charge is -2.26. The maximum Gasteiger partial charge on any atom is 0.244 e. The number of aromatic nitrogens is 2. The zero-order valence-corrected chi connectivity index (χ0v) is 22.0. The van der Waals surface area contributed by atoms with E-state index in [0.29, 0.717) is 34.4 Å². The molecule has 0 saturated carbocycles. The molecule has 0 spiro atoms. The number of hydrogen-bond acceptors (Lipinski definition) is 6. The second-order valence-electron chi connectivity index (χ2n) is 9.83. The van der Waals surface area contributed by atoms with Crippen molar-refractivity contribution in [3.63, 3.8) is 0 Å². The topological polar surface area (TPSA) is 106 Å². The molecule has 0 amide bonds. The van der Waals surface area contributed by atoms with Crippen molar-refractivity contribution >= 4 is 0 Å². The SMILES string of the molecule is COc1cccc([C@H]2C(C#N)=C(N)Oc3n[nH]c(-c4ccc(CC(C)C)cc4)c32)c1OCc1ccc(F)cc1. The molecule has 0 fully saturated rings. The average Bonchev–Trinajstić information content (AvgIpc) is 3.35. The number of para-hydroxylation sites is 1. The lowest BCUT2D eigenvalue weighted by molar-refractivity contribution is 0.280. The highest BCUT2D eigenvalue weighted by Crippen LogP contribution is 2.49. The summed E-state index contributed by atoms with van der Waals surface area (Å²) >= 11 is 0. The number of methoxy groups -OCH3 is 1. The van der Waals surface area contributed by atoms with Crippen LogP contribution >= 0.6 is 0 Å². The van der Waals surface area contributed by atoms with Gasteiger partial charge in [-0.05, 0) is 41.7 Å². The standard InChI is InChI=1S/C31H29FN4O3/c1-18(2)15-19-7-11-21(12-8-19)28-27-26(24(16-33)30(34)39-31(27)36-35-28)23-5-4-6-25(37-3)29(23)38-17-20-9-13-22(32)14-10-20/h4-14,18,26H,15,17,34H2,1-3H3,(H,35,36)/t26-/m0/s1. The number of ether oxygens (including phenoxy) is 3. The smallest absolute Gasteiger partial charge is 0.244 e. The third kappa shape index (κ3) is 5.16. The normalized spacial score (nSPS) is 14.5. The minimum atomic E-state index is -0.638. The highest BCUT2D eigenvalue weighted by Gasteiger charge is 2.38. The maximum atomic E-state index is 13.4. The van der Waals surface area contributed by atoms with Crippen molar-refractivity contribution in [1.29, 1.82) is 5.26 Å². The monoisotopic (exact) mass is 524 g/mol. The molecule has 0 radical (unpaired) electrons. The Labute approximate surface area is 226 Å². The average molecular weight is 525 g/mol. The Kier molecular flexibility index (Phi) is 7.24. The summed E-state index contributed by atoms with van der Waals surface area (Å²) in [5.41, 5.74) is 11.4. The zero-order valence-electron chi connectivity index (χ0n) is 22.0. The lowest BCUT2D eigenvalue weighted by atomic mass is 9.82. The van der Waals surface area contributed by atoms with Crippen LogP contribution in [0.25, 0.3) is 11.3 Å². The first-order chi connectivity index (χ1) is 18.9. The number of rotatable bonds is 8. The molecule has 198 valence electrons. The van der Waals surface area contributed by atoms with Crippen molar-refractivity contribution in [2.45, 2.75) is 32.8 Å². The van der Waals surface area contributed by atoms with E-state index < -0.39 is 5.92 Å². The zero-order chi connectivity index (χ0) is 27.5. The fourth-order valence-corrected chi connectivity index (χ4v) is 4.87. The number of fused-ring (bicyclic) bond motifs is 1. The van der Waals surface area contributed by atoms with Crippen LogP contribution in [-0.4, -0.2) is 17.3 Å². The van der Waals surface area contributed by atoms with E-state index in [1.54, 1.807) is 25.3 Å². The quantitative estimate of drug-likeness (QED) is 0.283. The highest BCUT2D eigenvalue weighted by molar-refractivity contribution is 5.72. The van der Waals surface area contributed by atoms with E-state index in [1.807, 2.05) is 24.3 Å². The van der Waals surface area contributed by atoms with Crippen LogP contribution in [0.15, 0.2) is 78.2 Å². The molecule has 1 aliphatic heterocycles. The van der Waals surface area contributed by atoms with Gasteiger partial charge < -0.3 is 19.9 Å². The Morgan fingerprint density at radius 3 is 2.46 bits per heavy atom. The molecule has 8 heteroatoms. The van der Waals surface area contributed by atoms with Crippen LogP contribution < -0.4 is 19.9 Å². The number of nitrogens with zero attached hydrogens (tertiary/aromatic N) is 2. The van der Waals surface area contributed by atoms with Gasteiger partial charge in [0, 0.05) is 11.1 Å². The first-order valence-corrected chi connectivity index (χ1v) is 12.7. The van der Waals surface area contributed by atoms with Crippen LogP contribution in [-0.2, 0) is 13.0 Å². The van der Waals surface area contributed by atoms with Gasteiger partial charge in [-0.15, -0.1) is 5.10 Å². The molecule has 1 aromatic heterocycles. The van der Waals surface area contributed by atoms with Crippen molar-refractivity contribution in [2.75, 3.05) is 7.11 Å². The van der Waals surface area contributed by atoms with Gasteiger partial charge in [0.25, 0.3) is 0 Å². The Morgan fingerprint density at radius 1 is 1.08 bits per heavy atom. The summed E-state index contributed by atoms with van der Waals surface area (Å²) in [4.78, 5) is 0. The summed E-state index contributed by atoms with van der Waals surface area (Å²) in [5.74, 6) is 0.791. The minimum absolute atomic E-state index is 0.0207. The number of halogens is 1. The van der Waals surface area contributed by atoms with Crippen molar-refractivity contribution in [3.05, 3.63) is 106 Å². The van der Waals surface area contributed by atoms with Crippen LogP contribution in [0.5, 0.6) is 17.4 Å². The molecule has 39 heavy (non-hydrogen) atoms. The van der Waals surface area contributed by atoms with E-state index >= 15 is 0 Å². The number of allylic oxidation sites excluding steroid dienone is 1. The molecule has 1 atom stereocenters. The molecule has 5 rings (SSSR count). The number of aromatic amines is 1. The van der Waals surface area contributed by atoms with Gasteiger partial charge in [0.1, 0.15) is 24.1 Å². The molecule has 0 unspecified atom stereocenters. The molecule has 3 aromatic carbocycles. The van der Waals surface area contributed by atoms with Gasteiger partial charge in [-0.1, -0.05) is 62.4 Å². The molecule has 0 aliphatic carbocycles. The summed E-state index contributed by atoms with van der Waals surface area (Å²) in [6.45, 7) is 4.54. The Bertz CT molecular complexity index is 1550. The van der Waals surface area contributed by atoms with Gasteiger partial charge in [0.05, 0.1) is 24.3 Å². The Morgan fingerprint density at radius 2 is 1.79 bits per heavy atom. The second-order valence-corrected chi connectivity index (χ2v) is 9.83. The first kappa shape index (κ1) is 25.9. The largest absolute Gasteiger partial charge is 0.493 e. The van der Waals surface area contributed by atoms with E-state index in [4.69, 9.17) is 19.9 Å². The summed E-state index contributed by atoms with van der Waals surface area (Å²) in [6.07, 6.45) is 0.976. The van der Waals surface area contributed by atoms with Gasteiger partial charge in [-0.25, -0.2) is 4.39 Å². The number of nitriles is 1. The molecule has 4 aromatic rings. The number of hydrogen-bond donors (Lipinski definition) is 2. The van der Waals surface area contributed by atoms with Gasteiger partial charge in [0.15, 0.2) is 11.5 Å². The van der Waals surface area contributed by atoms with Gasteiger partial charge >= 0.3 is 0 Å². The fourth-order valence-electron chi connectivity index (χ4n) is 4.87. The summed E-state index contributed by atoms with van der Waals surface area (Å²) < 4.78 is 31.1. The number of benzene rings is 3. The van der Waals surface area contributed by atoms with Gasteiger partial charge in [-0.3, -0.25) is 5.10 Å². The molecule has 0 saturated heterocycles. The molecule has 2 heterocycles. The van der Waals surface area contributed by atoms with E-state index in [0.717, 1.165) is 23.2 Å². The number of H-pyrrole nitrogens is 1. The number of nitrogens with one attached hydrogen (secondary N) is 1. The molecule has 0 bridgehead atoms. The van der Waals surface area contributed by atoms with Crippen LogP contribution in [0.1, 0.15) is 42.0 Å². The van der Waals surface area contributed by atoms with Gasteiger partial charge in [0.2, 0.25) is 11.8 Å². The van der Waals surface area contributed by atoms with Crippen molar-refractivity contribution < 1.29 is 18.6 Å². The molecule has 3 N–H and O–H groups in total. The van der Waals surface area contributed by atoms with Crippen LogP contribution in [0.2, 0.25) is 0 Å². The van der Waals surface area contributed by atoms with E-state index in [-0.39, 0.29) is 23.9 Å². The summed E-state index contributed by atoms with van der Waals surface area (Å²) in [7, 11) is 1.55. The van der Waals surface area contributed by atoms with Crippen molar-refractivity contribution in [2.24, 2.45) is 11.7 Å². The molecular formula is C31H29FN4O3. The van der Waals surface area contributed by atoms with Crippen LogP contribution in [0.4, 0.5) is 4.39 Å². The third-order valence-electron chi connectivity index (χ3n) is 6.66. The van der Waals surface area contributed by atoms with Crippen LogP contribution in [0.3, 0.4) is 0 Å². The van der Waals surface area contributed by atoms with Crippen molar-refractivity contribution in [3.8, 4) is 34.7 Å². The number of nitrogens with two attached hydrogens (primary N) is 1. The van der Waals surface area contributed by atoms with E-state index in [9.17, 15) is 9.65 Å². The molecular weight excluding hydrogens is 495 g/mol. The van der Waals surface area contributed by atoms with Crippen LogP contribution in [0, 0.1) is 23.1 Å². The second kappa shape index (κ2) is 10.9. The highest BCUT2D eigenvalue weighted by atomic mass is 19.1. The predicted octanol–water partition coefficient (Wildman–Crippen LogP) is 6.22. The third-order valence-corrected chi connectivity index (χ3v) is 6.66. The van der Waals surface area contributed by atoms with Gasteiger partial charge in [-0.2, -0.15) is 5.26 Å². The lowest BCUT2D eigenvalue weighted by Crippen LogP contribution is -2.21. The fraction of sp³-hybridized carbons (Fsp3) is 0.226. The molecule has 1 aliphatic rings. The molecule has 7 nitrogen and oxygen atoms in total. The first-order valence-electron chi connectivity index (χ1n) is 12.7. The summed E-state index contributed by atoms with van der Waals surface area (Å²) in [5, 5.41) is 17.7. The van der Waals surface area contributed by atoms with Crippen molar-refractivity contribution in [1.82, 2.24) is 10.2 Å². The Balaban J connectivity index is 1.61. The Hall–Kier alpha value is -4.77. The summed E-state index contributed by atoms with van der Waals surface area (Å²) in [6, 6.07) is 22.1. The van der Waals surface area contributed by atoms with E-state index in [2.05, 4.69) is 42.2 Å². The minimum Gasteiger partial charge on any atom is -0.493 e. The predicted molar refractivity (Wildman–Crippen MR) is 146 cm³/mol. The van der Waals surface area contributed by atoms with E-state index in [1.165, 1.54) is 17.7 Å². The maximum absolute atomic E-state index is 13.4.